The van der Waals surface area contributed by atoms with Gasteiger partial charge in [-0.15, -0.1) is 0 Å². The van der Waals surface area contributed by atoms with Crippen LogP contribution in [0, 0.1) is 5.41 Å². The molecule has 2 rings (SSSR count). The lowest BCUT2D eigenvalue weighted by molar-refractivity contribution is -0.148. The molecule has 1 aromatic carbocycles. The summed E-state index contributed by atoms with van der Waals surface area (Å²) in [5.74, 6) is -1.10. The van der Waals surface area contributed by atoms with Crippen LogP contribution < -0.4 is 0 Å². The van der Waals surface area contributed by atoms with Gasteiger partial charge in [-0.2, -0.15) is 0 Å². The van der Waals surface area contributed by atoms with Crippen LogP contribution in [-0.2, 0) is 9.59 Å². The van der Waals surface area contributed by atoms with Gasteiger partial charge in [0.15, 0.2) is 0 Å². The fourth-order valence-corrected chi connectivity index (χ4v) is 2.21. The Morgan fingerprint density at radius 1 is 1.33 bits per heavy atom. The van der Waals surface area contributed by atoms with Crippen molar-refractivity contribution in [2.75, 3.05) is 0 Å². The zero-order valence-corrected chi connectivity index (χ0v) is 10.1. The van der Waals surface area contributed by atoms with Gasteiger partial charge in [-0.3, -0.25) is 4.79 Å². The maximum atomic E-state index is 11.2. The van der Waals surface area contributed by atoms with Crippen molar-refractivity contribution in [2.24, 2.45) is 5.41 Å². The molecule has 3 nitrogen and oxygen atoms in total. The third kappa shape index (κ3) is 1.99. The van der Waals surface area contributed by atoms with Crippen molar-refractivity contribution in [1.82, 2.24) is 0 Å². The first-order valence-corrected chi connectivity index (χ1v) is 5.73. The number of rotatable bonds is 3. The number of carbonyl (C=O) groups excluding carboxylic acids is 1. The molecule has 0 bridgehead atoms. The van der Waals surface area contributed by atoms with E-state index in [0.717, 1.165) is 16.7 Å². The van der Waals surface area contributed by atoms with Gasteiger partial charge in [-0.1, -0.05) is 48.1 Å². The first-order chi connectivity index (χ1) is 8.59. The van der Waals surface area contributed by atoms with Crippen molar-refractivity contribution in [3.63, 3.8) is 0 Å². The summed E-state index contributed by atoms with van der Waals surface area (Å²) < 4.78 is 0. The second-order valence-corrected chi connectivity index (χ2v) is 4.53. The summed E-state index contributed by atoms with van der Waals surface area (Å²) in [6.45, 7) is 1.87. The SMILES string of the molecule is CC1=C(c2ccccc2)C=CC(C=O)(C(=O)O)C1. The van der Waals surface area contributed by atoms with Crippen molar-refractivity contribution in [3.8, 4) is 0 Å². The Hall–Kier alpha value is -2.16. The van der Waals surface area contributed by atoms with E-state index >= 15 is 0 Å². The number of carboxylic acid groups (broad SMARTS) is 1. The third-order valence-electron chi connectivity index (χ3n) is 3.26. The van der Waals surface area contributed by atoms with Crippen LogP contribution in [0.4, 0.5) is 0 Å². The molecule has 1 unspecified atom stereocenters. The molecule has 0 saturated heterocycles. The van der Waals surface area contributed by atoms with Crippen molar-refractivity contribution < 1.29 is 14.7 Å². The van der Waals surface area contributed by atoms with E-state index in [0.29, 0.717) is 6.29 Å². The van der Waals surface area contributed by atoms with Gasteiger partial charge in [-0.05, 0) is 24.5 Å². The monoisotopic (exact) mass is 242 g/mol. The lowest BCUT2D eigenvalue weighted by Crippen LogP contribution is -2.32. The molecule has 0 heterocycles. The zero-order valence-electron chi connectivity index (χ0n) is 10.1. The van der Waals surface area contributed by atoms with Gasteiger partial charge in [0.1, 0.15) is 11.7 Å². The molecule has 3 heteroatoms. The van der Waals surface area contributed by atoms with Crippen LogP contribution in [0.25, 0.3) is 5.57 Å². The molecule has 1 aromatic rings. The minimum absolute atomic E-state index is 0.229. The van der Waals surface area contributed by atoms with E-state index in [4.69, 9.17) is 5.11 Å². The largest absolute Gasteiger partial charge is 0.480 e. The fraction of sp³-hybridized carbons (Fsp3) is 0.200. The van der Waals surface area contributed by atoms with E-state index in [-0.39, 0.29) is 6.42 Å². The number of carboxylic acids is 1. The highest BCUT2D eigenvalue weighted by Crippen LogP contribution is 2.36. The summed E-state index contributed by atoms with van der Waals surface area (Å²) in [4.78, 5) is 22.2. The second-order valence-electron chi connectivity index (χ2n) is 4.53. The molecular formula is C15H14O3. The van der Waals surface area contributed by atoms with Gasteiger partial charge in [-0.25, -0.2) is 0 Å². The van der Waals surface area contributed by atoms with Crippen molar-refractivity contribution in [2.45, 2.75) is 13.3 Å². The van der Waals surface area contributed by atoms with E-state index < -0.39 is 11.4 Å². The molecule has 0 spiro atoms. The number of aliphatic carboxylic acids is 1. The highest BCUT2D eigenvalue weighted by atomic mass is 16.4. The molecule has 1 aliphatic carbocycles. The number of carbonyl (C=O) groups is 2. The maximum Gasteiger partial charge on any atom is 0.321 e. The van der Waals surface area contributed by atoms with Crippen LogP contribution in [0.15, 0.2) is 48.1 Å². The van der Waals surface area contributed by atoms with Crippen LogP contribution in [0.3, 0.4) is 0 Å². The molecule has 0 aromatic heterocycles. The Bertz CT molecular complexity index is 540. The lowest BCUT2D eigenvalue weighted by atomic mass is 9.76. The number of benzene rings is 1. The Morgan fingerprint density at radius 2 is 2.00 bits per heavy atom. The average Bonchev–Trinajstić information content (AvgIpc) is 2.39. The molecule has 0 fully saturated rings. The first-order valence-electron chi connectivity index (χ1n) is 5.73. The Morgan fingerprint density at radius 3 is 2.50 bits per heavy atom. The molecule has 18 heavy (non-hydrogen) atoms. The number of hydrogen-bond acceptors (Lipinski definition) is 2. The summed E-state index contributed by atoms with van der Waals surface area (Å²) in [6, 6.07) is 9.74. The van der Waals surface area contributed by atoms with Crippen molar-refractivity contribution in [3.05, 3.63) is 53.6 Å². The van der Waals surface area contributed by atoms with Gasteiger partial charge < -0.3 is 9.90 Å². The fourth-order valence-electron chi connectivity index (χ4n) is 2.21. The van der Waals surface area contributed by atoms with Gasteiger partial charge in [0, 0.05) is 0 Å². The van der Waals surface area contributed by atoms with E-state index in [1.165, 1.54) is 6.08 Å². The van der Waals surface area contributed by atoms with E-state index in [9.17, 15) is 9.59 Å². The van der Waals surface area contributed by atoms with Crippen molar-refractivity contribution in [1.29, 1.82) is 0 Å². The van der Waals surface area contributed by atoms with Crippen LogP contribution >= 0.6 is 0 Å². The van der Waals surface area contributed by atoms with Gasteiger partial charge in [0.25, 0.3) is 0 Å². The summed E-state index contributed by atoms with van der Waals surface area (Å²) in [6.07, 6.45) is 3.96. The number of hydrogen-bond donors (Lipinski definition) is 1. The van der Waals surface area contributed by atoms with Gasteiger partial charge >= 0.3 is 5.97 Å². The normalized spacial score (nSPS) is 22.9. The Balaban J connectivity index is 2.40. The Labute approximate surface area is 105 Å². The van der Waals surface area contributed by atoms with E-state index in [1.807, 2.05) is 37.3 Å². The molecule has 1 N–H and O–H groups in total. The molecular weight excluding hydrogens is 228 g/mol. The van der Waals surface area contributed by atoms with Crippen molar-refractivity contribution >= 4 is 17.8 Å². The Kier molecular flexibility index (Phi) is 3.15. The second kappa shape index (κ2) is 4.61. The molecule has 92 valence electrons. The summed E-state index contributed by atoms with van der Waals surface area (Å²) >= 11 is 0. The van der Waals surface area contributed by atoms with Crippen LogP contribution in [0.5, 0.6) is 0 Å². The average molecular weight is 242 g/mol. The smallest absolute Gasteiger partial charge is 0.321 e. The van der Waals surface area contributed by atoms with Crippen LogP contribution in [-0.4, -0.2) is 17.4 Å². The van der Waals surface area contributed by atoms with E-state index in [2.05, 4.69) is 0 Å². The molecule has 0 aliphatic heterocycles. The summed E-state index contributed by atoms with van der Waals surface area (Å²) in [5.41, 5.74) is 1.55. The molecule has 1 aliphatic rings. The predicted octanol–water partition coefficient (Wildman–Crippen LogP) is 2.69. The highest BCUT2D eigenvalue weighted by molar-refractivity contribution is 5.97. The minimum atomic E-state index is -1.40. The topological polar surface area (TPSA) is 54.4 Å². The predicted molar refractivity (Wildman–Crippen MR) is 68.9 cm³/mol. The van der Waals surface area contributed by atoms with E-state index in [1.54, 1.807) is 6.08 Å². The third-order valence-corrected chi connectivity index (χ3v) is 3.26. The first kappa shape index (κ1) is 12.3. The summed E-state index contributed by atoms with van der Waals surface area (Å²) in [5, 5.41) is 9.16. The zero-order chi connectivity index (χ0) is 13.2. The highest BCUT2D eigenvalue weighted by Gasteiger charge is 2.38. The van der Waals surface area contributed by atoms with Gasteiger partial charge in [0.05, 0.1) is 0 Å². The van der Waals surface area contributed by atoms with Crippen LogP contribution in [0.2, 0.25) is 0 Å². The lowest BCUT2D eigenvalue weighted by Gasteiger charge is -2.25. The number of allylic oxidation sites excluding steroid dienone is 3. The summed E-state index contributed by atoms with van der Waals surface area (Å²) in [7, 11) is 0. The van der Waals surface area contributed by atoms with Crippen LogP contribution in [0.1, 0.15) is 18.9 Å². The number of aldehydes is 1. The quantitative estimate of drug-likeness (QED) is 0.655. The molecule has 0 amide bonds. The maximum absolute atomic E-state index is 11.2. The van der Waals surface area contributed by atoms with Gasteiger partial charge in [0.2, 0.25) is 0 Å². The molecule has 0 radical (unpaired) electrons. The minimum Gasteiger partial charge on any atom is -0.480 e. The molecule has 1 atom stereocenters. The standard InChI is InChI=1S/C15H14O3/c1-11-9-15(10-16,14(17)18)8-7-13(11)12-5-3-2-4-6-12/h2-8,10H,9H2,1H3,(H,17,18). The molecule has 0 saturated carbocycles.